The zero-order valence-electron chi connectivity index (χ0n) is 13.3. The highest BCUT2D eigenvalue weighted by molar-refractivity contribution is 5.80. The van der Waals surface area contributed by atoms with Crippen molar-refractivity contribution in [2.75, 3.05) is 13.1 Å². The molecule has 2 aliphatic rings. The summed E-state index contributed by atoms with van der Waals surface area (Å²) >= 11 is 0. The van der Waals surface area contributed by atoms with Crippen LogP contribution in [0.2, 0.25) is 0 Å². The van der Waals surface area contributed by atoms with Gasteiger partial charge in [-0.3, -0.25) is 4.79 Å². The number of carbonyl (C=O) groups is 1. The number of imidazole rings is 1. The zero-order valence-corrected chi connectivity index (χ0v) is 13.3. The molecule has 5 heteroatoms. The molecule has 0 spiro atoms. The second-order valence-electron chi connectivity index (χ2n) is 6.97. The van der Waals surface area contributed by atoms with Gasteiger partial charge in [0.1, 0.15) is 6.54 Å². The van der Waals surface area contributed by atoms with Crippen molar-refractivity contribution in [1.82, 2.24) is 14.5 Å². The predicted molar refractivity (Wildman–Crippen MR) is 87.8 cm³/mol. The summed E-state index contributed by atoms with van der Waals surface area (Å²) in [6, 6.07) is 7.86. The van der Waals surface area contributed by atoms with Crippen LogP contribution < -0.4 is 0 Å². The molecule has 4 rings (SSSR count). The minimum atomic E-state index is -0.531. The number of benzene rings is 1. The lowest BCUT2D eigenvalue weighted by Crippen LogP contribution is -2.52. The van der Waals surface area contributed by atoms with Gasteiger partial charge in [0.25, 0.3) is 0 Å². The van der Waals surface area contributed by atoms with Crippen LogP contribution in [0.15, 0.2) is 30.6 Å². The number of aromatic nitrogens is 2. The Morgan fingerprint density at radius 2 is 2.00 bits per heavy atom. The van der Waals surface area contributed by atoms with Crippen LogP contribution in [0.4, 0.5) is 0 Å². The molecule has 0 radical (unpaired) electrons. The Balaban J connectivity index is 1.40. The fourth-order valence-electron chi connectivity index (χ4n) is 3.88. The lowest BCUT2D eigenvalue weighted by Gasteiger charge is -2.46. The number of fused-ring (bicyclic) bond motifs is 1. The van der Waals surface area contributed by atoms with Crippen LogP contribution in [0, 0.1) is 5.92 Å². The van der Waals surface area contributed by atoms with Gasteiger partial charge in [0, 0.05) is 13.1 Å². The molecule has 1 N–H and O–H groups in total. The summed E-state index contributed by atoms with van der Waals surface area (Å²) in [6.45, 7) is 1.65. The van der Waals surface area contributed by atoms with Crippen LogP contribution in [0.1, 0.15) is 32.1 Å². The van der Waals surface area contributed by atoms with Crippen molar-refractivity contribution in [2.45, 2.75) is 44.2 Å². The number of amides is 1. The van der Waals surface area contributed by atoms with E-state index in [1.165, 1.54) is 6.42 Å². The lowest BCUT2D eigenvalue weighted by atomic mass is 9.69. The van der Waals surface area contributed by atoms with Gasteiger partial charge in [-0.25, -0.2) is 4.98 Å². The van der Waals surface area contributed by atoms with Crippen LogP contribution in [0.3, 0.4) is 0 Å². The van der Waals surface area contributed by atoms with Gasteiger partial charge >= 0.3 is 0 Å². The largest absolute Gasteiger partial charge is 0.389 e. The van der Waals surface area contributed by atoms with Gasteiger partial charge in [-0.2, -0.15) is 0 Å². The van der Waals surface area contributed by atoms with Crippen molar-refractivity contribution in [3.8, 4) is 0 Å². The van der Waals surface area contributed by atoms with E-state index in [1.807, 2.05) is 33.7 Å². The predicted octanol–water partition coefficient (Wildman–Crippen LogP) is 2.19. The maximum Gasteiger partial charge on any atom is 0.242 e. The van der Waals surface area contributed by atoms with Crippen LogP contribution in [0.25, 0.3) is 11.0 Å². The van der Waals surface area contributed by atoms with E-state index in [9.17, 15) is 9.90 Å². The molecule has 1 saturated carbocycles. The van der Waals surface area contributed by atoms with Gasteiger partial charge in [-0.1, -0.05) is 18.6 Å². The van der Waals surface area contributed by atoms with E-state index in [4.69, 9.17) is 0 Å². The van der Waals surface area contributed by atoms with E-state index >= 15 is 0 Å². The van der Waals surface area contributed by atoms with Crippen LogP contribution in [0.5, 0.6) is 0 Å². The quantitative estimate of drug-likeness (QED) is 0.945. The molecule has 2 fully saturated rings. The number of hydrogen-bond acceptors (Lipinski definition) is 3. The summed E-state index contributed by atoms with van der Waals surface area (Å²) in [6.07, 6.45) is 6.69. The number of hydrogen-bond donors (Lipinski definition) is 1. The SMILES string of the molecule is O=C(Cn1cnc2ccccc21)N1CCC(O)(C2CCC2)CC1. The third-order valence-electron chi connectivity index (χ3n) is 5.68. The zero-order chi connectivity index (χ0) is 15.9. The van der Waals surface area contributed by atoms with E-state index in [2.05, 4.69) is 4.98 Å². The van der Waals surface area contributed by atoms with Crippen molar-refractivity contribution >= 4 is 16.9 Å². The average Bonchev–Trinajstić information content (AvgIpc) is 2.89. The number of nitrogens with zero attached hydrogens (tertiary/aromatic N) is 3. The smallest absolute Gasteiger partial charge is 0.242 e. The summed E-state index contributed by atoms with van der Waals surface area (Å²) in [5.74, 6) is 0.571. The minimum absolute atomic E-state index is 0.115. The molecule has 23 heavy (non-hydrogen) atoms. The van der Waals surface area contributed by atoms with Gasteiger partial charge in [0.05, 0.1) is 23.0 Å². The summed E-state index contributed by atoms with van der Waals surface area (Å²) in [4.78, 5) is 18.8. The molecular weight excluding hydrogens is 290 g/mol. The molecule has 1 amide bonds. The van der Waals surface area contributed by atoms with Gasteiger partial charge in [0.2, 0.25) is 5.91 Å². The van der Waals surface area contributed by atoms with Gasteiger partial charge < -0.3 is 14.6 Å². The Morgan fingerprint density at radius 3 is 2.70 bits per heavy atom. The van der Waals surface area contributed by atoms with Gasteiger partial charge in [-0.15, -0.1) is 0 Å². The van der Waals surface area contributed by atoms with E-state index in [1.54, 1.807) is 6.33 Å². The molecule has 1 aromatic heterocycles. The van der Waals surface area contributed by atoms with E-state index in [0.717, 1.165) is 23.9 Å². The fraction of sp³-hybridized carbons (Fsp3) is 0.556. The average molecular weight is 313 g/mol. The van der Waals surface area contributed by atoms with Crippen molar-refractivity contribution in [3.63, 3.8) is 0 Å². The first-order valence-electron chi connectivity index (χ1n) is 8.56. The third-order valence-corrected chi connectivity index (χ3v) is 5.68. The molecule has 1 aliphatic carbocycles. The third kappa shape index (κ3) is 2.63. The summed E-state index contributed by atoms with van der Waals surface area (Å²) in [5, 5.41) is 10.7. The highest BCUT2D eigenvalue weighted by Gasteiger charge is 2.42. The van der Waals surface area contributed by atoms with Crippen molar-refractivity contribution in [3.05, 3.63) is 30.6 Å². The molecule has 2 aromatic rings. The summed E-state index contributed by atoms with van der Waals surface area (Å²) in [5.41, 5.74) is 1.37. The van der Waals surface area contributed by atoms with Crippen molar-refractivity contribution in [1.29, 1.82) is 0 Å². The molecule has 5 nitrogen and oxygen atoms in total. The van der Waals surface area contributed by atoms with Crippen LogP contribution in [-0.4, -0.2) is 44.2 Å². The molecule has 1 aliphatic heterocycles. The molecule has 0 bridgehead atoms. The molecule has 122 valence electrons. The number of likely N-dealkylation sites (tertiary alicyclic amines) is 1. The van der Waals surface area contributed by atoms with Gasteiger partial charge in [0.15, 0.2) is 0 Å². The topological polar surface area (TPSA) is 58.4 Å². The van der Waals surface area contributed by atoms with Crippen LogP contribution in [-0.2, 0) is 11.3 Å². The lowest BCUT2D eigenvalue weighted by molar-refractivity contribution is -0.140. The second-order valence-corrected chi connectivity index (χ2v) is 6.97. The maximum absolute atomic E-state index is 12.6. The van der Waals surface area contributed by atoms with Crippen molar-refractivity contribution < 1.29 is 9.90 Å². The fourth-order valence-corrected chi connectivity index (χ4v) is 3.88. The molecular formula is C18H23N3O2. The number of carbonyl (C=O) groups excluding carboxylic acids is 1. The van der Waals surface area contributed by atoms with Gasteiger partial charge in [-0.05, 0) is 43.7 Å². The molecule has 1 saturated heterocycles. The summed E-state index contributed by atoms with van der Waals surface area (Å²) in [7, 11) is 0. The highest BCUT2D eigenvalue weighted by Crippen LogP contribution is 2.41. The normalized spacial score (nSPS) is 21.3. The van der Waals surface area contributed by atoms with E-state index < -0.39 is 5.60 Å². The Bertz CT molecular complexity index is 712. The minimum Gasteiger partial charge on any atom is -0.389 e. The molecule has 0 atom stereocenters. The maximum atomic E-state index is 12.6. The van der Waals surface area contributed by atoms with E-state index in [0.29, 0.717) is 38.4 Å². The Morgan fingerprint density at radius 1 is 1.26 bits per heavy atom. The highest BCUT2D eigenvalue weighted by atomic mass is 16.3. The number of rotatable bonds is 3. The monoisotopic (exact) mass is 313 g/mol. The molecule has 2 heterocycles. The number of aliphatic hydroxyl groups is 1. The van der Waals surface area contributed by atoms with Crippen molar-refractivity contribution in [2.24, 2.45) is 5.92 Å². The Hall–Kier alpha value is -1.88. The first-order chi connectivity index (χ1) is 11.2. The van der Waals surface area contributed by atoms with E-state index in [-0.39, 0.29) is 5.91 Å². The molecule has 1 aromatic carbocycles. The number of para-hydroxylation sites is 2. The molecule has 0 unspecified atom stereocenters. The van der Waals surface area contributed by atoms with Crippen LogP contribution >= 0.6 is 0 Å². The number of piperidine rings is 1. The first-order valence-corrected chi connectivity index (χ1v) is 8.56. The summed E-state index contributed by atoms with van der Waals surface area (Å²) < 4.78 is 1.91. The Kier molecular flexibility index (Phi) is 3.60. The first kappa shape index (κ1) is 14.7. The Labute approximate surface area is 135 Å². The standard InChI is InChI=1S/C18H23N3O2/c22-17(12-21-13-19-15-6-1-2-7-16(15)21)20-10-8-18(23,9-11-20)14-4-3-5-14/h1-2,6-7,13-14,23H,3-5,8-12H2. The second kappa shape index (κ2) is 5.64.